The maximum atomic E-state index is 2.41. The molecule has 68 heavy (non-hydrogen) atoms. The standard InChI is InChI=1S/C64H48N4/c1-5-19-53(20-6-1)65(59-41-33-49(34-42-59)63-45-51-17-13-15-27-61(51)67(63)55-23-9-3-10-24-55)57-37-29-47(30-38-57)48-31-39-58(40-32-48)66(54-21-7-2-8-22-54)60-43-35-50(36-44-60)64-46-52-18-14-16-28-62(52)68(64)56-25-11-4-12-26-56/h1-35,37-43,45-46H,36,44H2. The zero-order valence-electron chi connectivity index (χ0n) is 37.6. The summed E-state index contributed by atoms with van der Waals surface area (Å²) < 4.78 is 4.77. The summed E-state index contributed by atoms with van der Waals surface area (Å²) in [6.45, 7) is 0. The van der Waals surface area contributed by atoms with Crippen LogP contribution in [0.1, 0.15) is 18.5 Å². The average Bonchev–Trinajstić information content (AvgIpc) is 4.01. The van der Waals surface area contributed by atoms with Crippen molar-refractivity contribution in [2.45, 2.75) is 12.8 Å². The van der Waals surface area contributed by atoms with Gasteiger partial charge < -0.3 is 18.9 Å². The van der Waals surface area contributed by atoms with Crippen LogP contribution in [0.2, 0.25) is 0 Å². The third-order valence-electron chi connectivity index (χ3n) is 13.2. The molecule has 0 unspecified atom stereocenters. The first-order valence-corrected chi connectivity index (χ1v) is 23.5. The van der Waals surface area contributed by atoms with Crippen LogP contribution in [-0.2, 0) is 0 Å². The third kappa shape index (κ3) is 7.68. The predicted octanol–water partition coefficient (Wildman–Crippen LogP) is 17.3. The Kier molecular flexibility index (Phi) is 10.7. The Bertz CT molecular complexity index is 3570. The molecule has 0 N–H and O–H groups in total. The van der Waals surface area contributed by atoms with Crippen molar-refractivity contribution in [3.8, 4) is 33.8 Å². The second-order valence-corrected chi connectivity index (χ2v) is 17.4. The summed E-state index contributed by atoms with van der Waals surface area (Å²) in [4.78, 5) is 4.75. The van der Waals surface area contributed by atoms with Crippen LogP contribution >= 0.6 is 0 Å². The predicted molar refractivity (Wildman–Crippen MR) is 286 cm³/mol. The summed E-state index contributed by atoms with van der Waals surface area (Å²) in [6, 6.07) is 91.6. The number of fused-ring (bicyclic) bond motifs is 2. The van der Waals surface area contributed by atoms with Crippen molar-refractivity contribution in [1.82, 2.24) is 9.13 Å². The molecule has 4 nitrogen and oxygen atoms in total. The molecule has 0 atom stereocenters. The van der Waals surface area contributed by atoms with E-state index in [-0.39, 0.29) is 0 Å². The molecule has 9 aromatic carbocycles. The van der Waals surface area contributed by atoms with Gasteiger partial charge >= 0.3 is 0 Å². The van der Waals surface area contributed by atoms with Gasteiger partial charge in [-0.15, -0.1) is 0 Å². The van der Waals surface area contributed by atoms with E-state index in [9.17, 15) is 0 Å². The maximum Gasteiger partial charge on any atom is 0.0541 e. The van der Waals surface area contributed by atoms with Gasteiger partial charge in [0.25, 0.3) is 0 Å². The van der Waals surface area contributed by atoms with Crippen molar-refractivity contribution < 1.29 is 0 Å². The summed E-state index contributed by atoms with van der Waals surface area (Å²) in [5.74, 6) is 0. The number of rotatable bonds is 11. The monoisotopic (exact) mass is 872 g/mol. The molecule has 0 spiro atoms. The lowest BCUT2D eigenvalue weighted by atomic mass is 9.97. The largest absolute Gasteiger partial charge is 0.314 e. The van der Waals surface area contributed by atoms with Crippen molar-refractivity contribution in [2.24, 2.45) is 0 Å². The van der Waals surface area contributed by atoms with E-state index >= 15 is 0 Å². The summed E-state index contributed by atoms with van der Waals surface area (Å²) in [6.07, 6.45) is 6.50. The fraction of sp³-hybridized carbons (Fsp3) is 0.0312. The minimum Gasteiger partial charge on any atom is -0.314 e. The van der Waals surface area contributed by atoms with Crippen LogP contribution in [-0.4, -0.2) is 9.13 Å². The van der Waals surface area contributed by atoms with Gasteiger partial charge in [-0.3, -0.25) is 0 Å². The van der Waals surface area contributed by atoms with Gasteiger partial charge in [0.15, 0.2) is 0 Å². The van der Waals surface area contributed by atoms with E-state index in [0.717, 1.165) is 52.5 Å². The Labute approximate surface area is 397 Å². The number of hydrogen-bond acceptors (Lipinski definition) is 2. The van der Waals surface area contributed by atoms with Crippen LogP contribution in [0.15, 0.2) is 273 Å². The molecule has 0 amide bonds. The first kappa shape index (κ1) is 40.6. The second kappa shape index (κ2) is 17.8. The Hall–Kier alpha value is -8.86. The highest BCUT2D eigenvalue weighted by Crippen LogP contribution is 2.41. The molecule has 2 heterocycles. The number of anilines is 5. The van der Waals surface area contributed by atoms with E-state index < -0.39 is 0 Å². The maximum absolute atomic E-state index is 2.41. The van der Waals surface area contributed by atoms with Crippen LogP contribution in [0.4, 0.5) is 28.4 Å². The van der Waals surface area contributed by atoms with Gasteiger partial charge in [-0.25, -0.2) is 0 Å². The smallest absolute Gasteiger partial charge is 0.0541 e. The second-order valence-electron chi connectivity index (χ2n) is 17.4. The third-order valence-corrected chi connectivity index (χ3v) is 13.2. The molecule has 0 bridgehead atoms. The normalized spacial score (nSPS) is 12.5. The SMILES string of the molecule is C1=C(c2cc3ccccc3n2-c2ccccc2)CCC(N(c2ccccc2)c2ccc(-c3ccc(N(c4ccccc4)c4ccc(-c5cc6ccccc6n5-c5ccccc5)cc4)cc3)cc2)=C1. The van der Waals surface area contributed by atoms with Crippen molar-refractivity contribution in [1.29, 1.82) is 0 Å². The molecule has 0 saturated heterocycles. The van der Waals surface area contributed by atoms with E-state index in [1.807, 2.05) is 0 Å². The highest BCUT2D eigenvalue weighted by atomic mass is 15.2. The van der Waals surface area contributed by atoms with Gasteiger partial charge in [0, 0.05) is 56.3 Å². The molecule has 0 saturated carbocycles. The number of benzene rings is 9. The minimum absolute atomic E-state index is 0.916. The molecule has 11 aromatic rings. The summed E-state index contributed by atoms with van der Waals surface area (Å²) in [7, 11) is 0. The molecule has 12 rings (SSSR count). The average molecular weight is 873 g/mol. The Morgan fingerprint density at radius 3 is 1.16 bits per heavy atom. The highest BCUT2D eigenvalue weighted by molar-refractivity contribution is 5.91. The van der Waals surface area contributed by atoms with Crippen LogP contribution in [0, 0.1) is 0 Å². The van der Waals surface area contributed by atoms with Crippen LogP contribution in [0.25, 0.3) is 61.1 Å². The molecule has 2 aromatic heterocycles. The number of nitrogens with zero attached hydrogens (tertiary/aromatic N) is 4. The van der Waals surface area contributed by atoms with Crippen LogP contribution in [0.3, 0.4) is 0 Å². The Morgan fingerprint density at radius 2 is 0.676 bits per heavy atom. The number of para-hydroxylation sites is 6. The van der Waals surface area contributed by atoms with E-state index in [1.165, 1.54) is 61.3 Å². The fourth-order valence-electron chi connectivity index (χ4n) is 9.96. The van der Waals surface area contributed by atoms with Crippen LogP contribution < -0.4 is 9.80 Å². The fourth-order valence-corrected chi connectivity index (χ4v) is 9.96. The first-order chi connectivity index (χ1) is 33.7. The number of hydrogen-bond donors (Lipinski definition) is 0. The van der Waals surface area contributed by atoms with Gasteiger partial charge in [-0.1, -0.05) is 152 Å². The molecule has 0 aliphatic heterocycles. The molecule has 0 radical (unpaired) electrons. The van der Waals surface area contributed by atoms with Gasteiger partial charge in [-0.05, 0) is 150 Å². The Morgan fingerprint density at radius 1 is 0.294 bits per heavy atom. The number of aromatic nitrogens is 2. The van der Waals surface area contributed by atoms with Gasteiger partial charge in [0.05, 0.1) is 22.4 Å². The molecule has 1 aliphatic rings. The van der Waals surface area contributed by atoms with Crippen molar-refractivity contribution in [3.05, 3.63) is 278 Å². The molecule has 1 aliphatic carbocycles. The van der Waals surface area contributed by atoms with Gasteiger partial charge in [0.2, 0.25) is 0 Å². The van der Waals surface area contributed by atoms with Crippen molar-refractivity contribution in [3.63, 3.8) is 0 Å². The lowest BCUT2D eigenvalue weighted by molar-refractivity contribution is 0.918. The summed E-state index contributed by atoms with van der Waals surface area (Å²) >= 11 is 0. The van der Waals surface area contributed by atoms with E-state index in [4.69, 9.17) is 0 Å². The quantitative estimate of drug-likeness (QED) is 0.129. The lowest BCUT2D eigenvalue weighted by Gasteiger charge is -2.30. The molecule has 324 valence electrons. The van der Waals surface area contributed by atoms with Crippen molar-refractivity contribution in [2.75, 3.05) is 9.80 Å². The van der Waals surface area contributed by atoms with E-state index in [2.05, 4.69) is 286 Å². The van der Waals surface area contributed by atoms with Crippen molar-refractivity contribution >= 4 is 55.8 Å². The minimum atomic E-state index is 0.916. The van der Waals surface area contributed by atoms with Crippen LogP contribution in [0.5, 0.6) is 0 Å². The summed E-state index contributed by atoms with van der Waals surface area (Å²) in [5, 5.41) is 2.47. The molecule has 0 fully saturated rings. The molecule has 4 heteroatoms. The van der Waals surface area contributed by atoms with E-state index in [0.29, 0.717) is 0 Å². The topological polar surface area (TPSA) is 16.3 Å². The van der Waals surface area contributed by atoms with E-state index in [1.54, 1.807) is 0 Å². The number of allylic oxidation sites excluding steroid dienone is 4. The first-order valence-electron chi connectivity index (χ1n) is 23.5. The zero-order valence-corrected chi connectivity index (χ0v) is 37.6. The summed E-state index contributed by atoms with van der Waals surface area (Å²) in [5.41, 5.74) is 18.9. The van der Waals surface area contributed by atoms with Gasteiger partial charge in [0.1, 0.15) is 0 Å². The molecular weight excluding hydrogens is 825 g/mol. The van der Waals surface area contributed by atoms with Gasteiger partial charge in [-0.2, -0.15) is 0 Å². The Balaban J connectivity index is 0.836. The lowest BCUT2D eigenvalue weighted by Crippen LogP contribution is -2.18. The highest BCUT2D eigenvalue weighted by Gasteiger charge is 2.22. The zero-order chi connectivity index (χ0) is 45.2. The molecular formula is C64H48N4.